The summed E-state index contributed by atoms with van der Waals surface area (Å²) in [6.07, 6.45) is 1.34. The number of fused-ring (bicyclic) bond motifs is 3. The van der Waals surface area contributed by atoms with Crippen molar-refractivity contribution in [2.45, 2.75) is 38.0 Å². The molecular weight excluding hydrogens is 383 g/mol. The van der Waals surface area contributed by atoms with Gasteiger partial charge in [0.05, 0.1) is 41.7 Å². The van der Waals surface area contributed by atoms with Gasteiger partial charge in [-0.1, -0.05) is 30.8 Å². The van der Waals surface area contributed by atoms with E-state index in [-0.39, 0.29) is 18.2 Å². The smallest absolute Gasteiger partial charge is 0.534 e. The fraction of sp³-hybridized carbons (Fsp3) is 0.364. The maximum atomic E-state index is 13.4. The molecule has 154 valence electrons. The van der Waals surface area contributed by atoms with E-state index in [1.807, 2.05) is 38.1 Å². The topological polar surface area (TPSA) is 82.8 Å². The number of rotatable bonds is 2. The van der Waals surface area contributed by atoms with E-state index in [0.29, 0.717) is 29.7 Å². The Bertz CT molecular complexity index is 1220. The maximum Gasteiger partial charge on any atom is 0.564 e. The third kappa shape index (κ3) is 2.95. The SMILES string of the molecule is C=C1OB(c2cc3c(=O)n([C@H]4CCOC[C@@H]4O)cnc3c3ccccc23)OC1(C)C. The third-order valence-corrected chi connectivity index (χ3v) is 6.05. The van der Waals surface area contributed by atoms with Gasteiger partial charge in [0.25, 0.3) is 5.56 Å². The number of hydrogen-bond donors (Lipinski definition) is 1. The lowest BCUT2D eigenvalue weighted by Crippen LogP contribution is -2.40. The molecule has 0 unspecified atom stereocenters. The average Bonchev–Trinajstić information content (AvgIpc) is 3.01. The van der Waals surface area contributed by atoms with Gasteiger partial charge < -0.3 is 19.2 Å². The van der Waals surface area contributed by atoms with Gasteiger partial charge in [-0.15, -0.1) is 0 Å². The van der Waals surface area contributed by atoms with Crippen LogP contribution in [0.4, 0.5) is 0 Å². The first-order chi connectivity index (χ1) is 14.4. The van der Waals surface area contributed by atoms with Crippen molar-refractivity contribution in [3.8, 4) is 0 Å². The fourth-order valence-corrected chi connectivity index (χ4v) is 4.22. The first-order valence-electron chi connectivity index (χ1n) is 10.1. The zero-order valence-electron chi connectivity index (χ0n) is 17.0. The molecule has 3 heterocycles. The van der Waals surface area contributed by atoms with Crippen LogP contribution in [-0.2, 0) is 14.0 Å². The molecule has 2 saturated heterocycles. The van der Waals surface area contributed by atoms with Crippen molar-refractivity contribution in [1.82, 2.24) is 9.55 Å². The second kappa shape index (κ2) is 6.94. The highest BCUT2D eigenvalue weighted by atomic mass is 16.7. The Hall–Kier alpha value is -2.68. The van der Waals surface area contributed by atoms with Crippen molar-refractivity contribution in [3.05, 3.63) is 59.4 Å². The molecule has 2 atom stereocenters. The molecule has 30 heavy (non-hydrogen) atoms. The van der Waals surface area contributed by atoms with E-state index in [4.69, 9.17) is 14.0 Å². The summed E-state index contributed by atoms with van der Waals surface area (Å²) in [5.41, 5.74) is 0.554. The molecule has 8 heteroatoms. The zero-order valence-corrected chi connectivity index (χ0v) is 17.0. The van der Waals surface area contributed by atoms with Crippen LogP contribution in [0.3, 0.4) is 0 Å². The van der Waals surface area contributed by atoms with Crippen molar-refractivity contribution >= 4 is 34.3 Å². The minimum atomic E-state index is -0.749. The molecule has 2 aliphatic rings. The third-order valence-electron chi connectivity index (χ3n) is 6.05. The van der Waals surface area contributed by atoms with Gasteiger partial charge >= 0.3 is 7.12 Å². The van der Waals surface area contributed by atoms with E-state index < -0.39 is 18.8 Å². The molecule has 0 saturated carbocycles. The number of ether oxygens (including phenoxy) is 1. The molecule has 0 bridgehead atoms. The van der Waals surface area contributed by atoms with Crippen LogP contribution in [0.1, 0.15) is 26.3 Å². The van der Waals surface area contributed by atoms with Crippen molar-refractivity contribution in [2.24, 2.45) is 0 Å². The number of nitrogens with zero attached hydrogens (tertiary/aromatic N) is 2. The number of hydrogen-bond acceptors (Lipinski definition) is 6. The molecule has 0 amide bonds. The molecule has 2 aliphatic heterocycles. The molecule has 3 aromatic rings. The van der Waals surface area contributed by atoms with Gasteiger partial charge in [0.1, 0.15) is 5.60 Å². The maximum absolute atomic E-state index is 13.4. The van der Waals surface area contributed by atoms with Crippen molar-refractivity contribution in [3.63, 3.8) is 0 Å². The second-order valence-electron chi connectivity index (χ2n) is 8.36. The molecule has 1 aromatic heterocycles. The van der Waals surface area contributed by atoms with Crippen molar-refractivity contribution in [2.75, 3.05) is 13.2 Å². The number of aliphatic hydroxyl groups excluding tert-OH is 1. The Morgan fingerprint density at radius 2 is 2.03 bits per heavy atom. The van der Waals surface area contributed by atoms with Crippen LogP contribution in [0, 0.1) is 0 Å². The largest absolute Gasteiger partial charge is 0.564 e. The summed E-state index contributed by atoms with van der Waals surface area (Å²) >= 11 is 0. The zero-order chi connectivity index (χ0) is 21.0. The minimum absolute atomic E-state index is 0.200. The highest BCUT2D eigenvalue weighted by Gasteiger charge is 2.43. The highest BCUT2D eigenvalue weighted by molar-refractivity contribution is 6.66. The molecule has 0 aliphatic carbocycles. The first-order valence-corrected chi connectivity index (χ1v) is 10.1. The van der Waals surface area contributed by atoms with Gasteiger partial charge in [0, 0.05) is 17.5 Å². The van der Waals surface area contributed by atoms with Crippen molar-refractivity contribution < 1.29 is 19.2 Å². The number of aliphatic hydroxyl groups is 1. The molecule has 1 N–H and O–H groups in total. The lowest BCUT2D eigenvalue weighted by atomic mass is 9.75. The molecular formula is C22H23BN2O5. The fourth-order valence-electron chi connectivity index (χ4n) is 4.22. The Morgan fingerprint density at radius 1 is 1.27 bits per heavy atom. The Balaban J connectivity index is 1.73. The quantitative estimate of drug-likeness (QED) is 0.517. The van der Waals surface area contributed by atoms with Crippen LogP contribution >= 0.6 is 0 Å². The van der Waals surface area contributed by atoms with Gasteiger partial charge in [0.2, 0.25) is 0 Å². The second-order valence-corrected chi connectivity index (χ2v) is 8.36. The Kier molecular flexibility index (Phi) is 4.46. The van der Waals surface area contributed by atoms with Gasteiger partial charge in [0.15, 0.2) is 0 Å². The van der Waals surface area contributed by atoms with E-state index in [1.165, 1.54) is 10.9 Å². The molecule has 2 aromatic carbocycles. The highest BCUT2D eigenvalue weighted by Crippen LogP contribution is 2.31. The summed E-state index contributed by atoms with van der Waals surface area (Å²) in [5.74, 6) is 0.547. The summed E-state index contributed by atoms with van der Waals surface area (Å²) in [4.78, 5) is 18.1. The predicted octanol–water partition coefficient (Wildman–Crippen LogP) is 1.91. The van der Waals surface area contributed by atoms with Crippen LogP contribution in [0.15, 0.2) is 53.8 Å². The van der Waals surface area contributed by atoms with Crippen molar-refractivity contribution in [1.29, 1.82) is 0 Å². The van der Waals surface area contributed by atoms with Gasteiger partial charge in [-0.25, -0.2) is 4.98 Å². The first kappa shape index (κ1) is 19.3. The molecule has 0 spiro atoms. The van der Waals surface area contributed by atoms with E-state index in [9.17, 15) is 9.90 Å². The average molecular weight is 406 g/mol. The van der Waals surface area contributed by atoms with Crippen LogP contribution in [0.5, 0.6) is 0 Å². The Labute approximate surface area is 174 Å². The molecule has 5 rings (SSSR count). The van der Waals surface area contributed by atoms with Gasteiger partial charge in [-0.05, 0) is 31.7 Å². The van der Waals surface area contributed by atoms with Crippen LogP contribution < -0.4 is 11.0 Å². The number of benzene rings is 2. The molecule has 0 radical (unpaired) electrons. The van der Waals surface area contributed by atoms with E-state index >= 15 is 0 Å². The van der Waals surface area contributed by atoms with Crippen LogP contribution in [-0.4, -0.2) is 46.7 Å². The van der Waals surface area contributed by atoms with E-state index in [1.54, 1.807) is 6.07 Å². The standard InChI is InChI=1S/C22H23BN2O5/c1-13-22(2,3)30-23(29-13)17-10-16-20(15-7-5-4-6-14(15)17)24-12-25(21(16)27)18-8-9-28-11-19(18)26/h4-7,10,12,18-19,26H,1,8-9,11H2,2-3H3/t18-,19-/m0/s1. The van der Waals surface area contributed by atoms with E-state index in [0.717, 1.165) is 16.2 Å². The minimum Gasteiger partial charge on any atom is -0.534 e. The monoisotopic (exact) mass is 406 g/mol. The summed E-state index contributed by atoms with van der Waals surface area (Å²) in [6, 6.07) is 9.20. The summed E-state index contributed by atoms with van der Waals surface area (Å²) in [7, 11) is -0.663. The molecule has 2 fully saturated rings. The Morgan fingerprint density at radius 3 is 2.73 bits per heavy atom. The summed E-state index contributed by atoms with van der Waals surface area (Å²) < 4.78 is 18.8. The van der Waals surface area contributed by atoms with Crippen LogP contribution in [0.25, 0.3) is 21.7 Å². The normalized spacial score (nSPS) is 23.8. The predicted molar refractivity (Wildman–Crippen MR) is 115 cm³/mol. The lowest BCUT2D eigenvalue weighted by Gasteiger charge is -2.29. The summed E-state index contributed by atoms with van der Waals surface area (Å²) in [6.45, 7) is 8.47. The van der Waals surface area contributed by atoms with E-state index in [2.05, 4.69) is 11.6 Å². The number of aromatic nitrogens is 2. The van der Waals surface area contributed by atoms with Gasteiger partial charge in [-0.3, -0.25) is 9.36 Å². The van der Waals surface area contributed by atoms with Gasteiger partial charge in [-0.2, -0.15) is 0 Å². The van der Waals surface area contributed by atoms with Crippen LogP contribution in [0.2, 0.25) is 0 Å². The summed E-state index contributed by atoms with van der Waals surface area (Å²) in [5, 5.41) is 12.6. The lowest BCUT2D eigenvalue weighted by molar-refractivity contribution is -0.0395. The molecule has 7 nitrogen and oxygen atoms in total.